The summed E-state index contributed by atoms with van der Waals surface area (Å²) in [6.45, 7) is 0. The first kappa shape index (κ1) is 8.24. The van der Waals surface area contributed by atoms with Gasteiger partial charge in [-0.05, 0) is 43.9 Å². The van der Waals surface area contributed by atoms with Gasteiger partial charge in [0.25, 0.3) is 0 Å². The Bertz CT molecular complexity index is 396. The summed E-state index contributed by atoms with van der Waals surface area (Å²) < 4.78 is 28.7. The van der Waals surface area contributed by atoms with Crippen LogP contribution in [0.15, 0.2) is 0 Å². The van der Waals surface area contributed by atoms with Gasteiger partial charge in [-0.2, -0.15) is 0 Å². The summed E-state index contributed by atoms with van der Waals surface area (Å²) in [6, 6.07) is 0. The maximum atomic E-state index is 11.8. The molecule has 0 aromatic rings. The smallest absolute Gasteiger partial charge is 0.274 e. The van der Waals surface area contributed by atoms with E-state index >= 15 is 0 Å². The lowest BCUT2D eigenvalue weighted by molar-refractivity contribution is -0.305. The number of rotatable bonds is 0. The molecule has 0 aromatic carbocycles. The van der Waals surface area contributed by atoms with Crippen LogP contribution in [0.2, 0.25) is 0 Å². The van der Waals surface area contributed by atoms with Crippen molar-refractivity contribution in [1.29, 1.82) is 0 Å². The van der Waals surface area contributed by atoms with Crippen molar-refractivity contribution in [1.82, 2.24) is 0 Å². The zero-order valence-corrected chi connectivity index (χ0v) is 9.24. The topological polar surface area (TPSA) is 44.8 Å². The first-order chi connectivity index (χ1) is 7.13. The van der Waals surface area contributed by atoms with Crippen LogP contribution in [0.3, 0.4) is 0 Å². The fraction of sp³-hybridized carbons (Fsp3) is 1.00. The standard InChI is InChI=1S/C10H13O4P/c11-15-12-9-4-6-1-7(5-9)3-8(2-6)10(9,13-15)14-15/h6-8H,1-5H2. The quantitative estimate of drug-likeness (QED) is 0.597. The molecule has 2 atom stereocenters. The summed E-state index contributed by atoms with van der Waals surface area (Å²) in [5.41, 5.74) is -0.322. The van der Waals surface area contributed by atoms with Gasteiger partial charge in [0, 0.05) is 5.92 Å². The molecule has 5 heteroatoms. The summed E-state index contributed by atoms with van der Waals surface area (Å²) in [5, 5.41) is 0. The van der Waals surface area contributed by atoms with E-state index in [1.807, 2.05) is 0 Å². The minimum atomic E-state index is -3.10. The minimum Gasteiger partial charge on any atom is -0.274 e. The number of phosphoric acid groups is 1. The fourth-order valence-electron chi connectivity index (χ4n) is 4.92. The highest BCUT2D eigenvalue weighted by Crippen LogP contribution is 2.85. The molecule has 2 unspecified atom stereocenters. The Kier molecular flexibility index (Phi) is 1.08. The van der Waals surface area contributed by atoms with Gasteiger partial charge in [-0.3, -0.25) is 4.52 Å². The summed E-state index contributed by atoms with van der Waals surface area (Å²) in [4.78, 5) is 0. The van der Waals surface area contributed by atoms with E-state index in [9.17, 15) is 4.57 Å². The van der Waals surface area contributed by atoms with E-state index in [1.165, 1.54) is 19.3 Å². The molecule has 82 valence electrons. The van der Waals surface area contributed by atoms with E-state index in [-0.39, 0.29) is 5.60 Å². The van der Waals surface area contributed by atoms with Crippen molar-refractivity contribution < 1.29 is 18.1 Å². The summed E-state index contributed by atoms with van der Waals surface area (Å²) in [5.74, 6) is 1.36. The molecule has 6 bridgehead atoms. The van der Waals surface area contributed by atoms with Crippen molar-refractivity contribution in [3.05, 3.63) is 0 Å². The second kappa shape index (κ2) is 1.97. The molecule has 3 saturated heterocycles. The van der Waals surface area contributed by atoms with Crippen LogP contribution in [0.4, 0.5) is 0 Å². The maximum absolute atomic E-state index is 11.8. The molecule has 4 nitrogen and oxygen atoms in total. The summed E-state index contributed by atoms with van der Waals surface area (Å²) in [7, 11) is -3.10. The predicted octanol–water partition coefficient (Wildman–Crippen LogP) is 2.45. The molecular weight excluding hydrogens is 215 g/mol. The van der Waals surface area contributed by atoms with Gasteiger partial charge in [-0.1, -0.05) is 0 Å². The molecule has 0 N–H and O–H groups in total. The van der Waals surface area contributed by atoms with Crippen LogP contribution in [0.25, 0.3) is 0 Å². The lowest BCUT2D eigenvalue weighted by Gasteiger charge is -2.60. The highest BCUT2D eigenvalue weighted by Gasteiger charge is 2.85. The molecule has 0 amide bonds. The van der Waals surface area contributed by atoms with Crippen LogP contribution < -0.4 is 0 Å². The Hall–Kier alpha value is 0.110. The Labute approximate surface area is 87.9 Å². The third-order valence-electron chi connectivity index (χ3n) is 5.09. The van der Waals surface area contributed by atoms with Gasteiger partial charge in [0.05, 0.1) is 0 Å². The average Bonchev–Trinajstić information content (AvgIpc) is 2.46. The largest absolute Gasteiger partial charge is 0.480 e. The second-order valence-electron chi connectivity index (χ2n) is 5.93. The monoisotopic (exact) mass is 228 g/mol. The maximum Gasteiger partial charge on any atom is 0.480 e. The lowest BCUT2D eigenvalue weighted by Crippen LogP contribution is -2.68. The van der Waals surface area contributed by atoms with E-state index < -0.39 is 13.6 Å². The molecule has 7 aliphatic rings. The highest BCUT2D eigenvalue weighted by molar-refractivity contribution is 7.50. The fourth-order valence-corrected chi connectivity index (χ4v) is 7.01. The van der Waals surface area contributed by atoms with Crippen LogP contribution in [0.5, 0.6) is 0 Å². The molecule has 3 aliphatic heterocycles. The van der Waals surface area contributed by atoms with Gasteiger partial charge in [-0.25, -0.2) is 13.6 Å². The Morgan fingerprint density at radius 1 is 1.00 bits per heavy atom. The Balaban J connectivity index is 1.74. The van der Waals surface area contributed by atoms with Gasteiger partial charge >= 0.3 is 7.82 Å². The van der Waals surface area contributed by atoms with E-state index in [2.05, 4.69) is 0 Å². The van der Waals surface area contributed by atoms with Gasteiger partial charge in [0.1, 0.15) is 5.60 Å². The van der Waals surface area contributed by atoms with Crippen LogP contribution in [-0.2, 0) is 18.1 Å². The molecule has 0 aromatic heterocycles. The molecule has 2 spiro atoms. The van der Waals surface area contributed by atoms with Crippen molar-refractivity contribution >= 4 is 7.82 Å². The zero-order chi connectivity index (χ0) is 9.89. The highest BCUT2D eigenvalue weighted by atomic mass is 31.2. The number of hydrogen-bond acceptors (Lipinski definition) is 4. The minimum absolute atomic E-state index is 0.322. The van der Waals surface area contributed by atoms with Crippen molar-refractivity contribution in [3.63, 3.8) is 0 Å². The molecular formula is C10H13O4P. The van der Waals surface area contributed by atoms with Crippen molar-refractivity contribution in [3.8, 4) is 0 Å². The Morgan fingerprint density at radius 3 is 2.33 bits per heavy atom. The second-order valence-corrected chi connectivity index (χ2v) is 7.37. The third-order valence-corrected chi connectivity index (χ3v) is 6.66. The van der Waals surface area contributed by atoms with Gasteiger partial charge < -0.3 is 0 Å². The van der Waals surface area contributed by atoms with Crippen LogP contribution in [0, 0.1) is 17.8 Å². The summed E-state index contributed by atoms with van der Waals surface area (Å²) in [6.07, 6.45) is 5.71. The van der Waals surface area contributed by atoms with Gasteiger partial charge in [0.2, 0.25) is 5.79 Å². The Morgan fingerprint density at radius 2 is 1.67 bits per heavy atom. The van der Waals surface area contributed by atoms with Crippen LogP contribution in [-0.4, -0.2) is 11.4 Å². The number of phosphoric ester groups is 1. The average molecular weight is 228 g/mol. The normalized spacial score (nSPS) is 72.9. The first-order valence-electron chi connectivity index (χ1n) is 5.85. The van der Waals surface area contributed by atoms with E-state index in [0.717, 1.165) is 24.7 Å². The molecule has 3 heterocycles. The molecule has 0 radical (unpaired) electrons. The molecule has 4 saturated carbocycles. The van der Waals surface area contributed by atoms with Gasteiger partial charge in [-0.15, -0.1) is 0 Å². The van der Waals surface area contributed by atoms with E-state index in [1.54, 1.807) is 0 Å². The van der Waals surface area contributed by atoms with Gasteiger partial charge in [0.15, 0.2) is 0 Å². The molecule has 15 heavy (non-hydrogen) atoms. The lowest BCUT2D eigenvalue weighted by atomic mass is 9.51. The van der Waals surface area contributed by atoms with Crippen molar-refractivity contribution in [2.45, 2.75) is 43.5 Å². The molecule has 7 rings (SSSR count). The first-order valence-corrected chi connectivity index (χ1v) is 7.32. The van der Waals surface area contributed by atoms with Crippen LogP contribution in [0.1, 0.15) is 32.1 Å². The third kappa shape index (κ3) is 0.681. The van der Waals surface area contributed by atoms with Crippen molar-refractivity contribution in [2.75, 3.05) is 0 Å². The van der Waals surface area contributed by atoms with Crippen molar-refractivity contribution in [2.24, 2.45) is 17.8 Å². The van der Waals surface area contributed by atoms with E-state index in [0.29, 0.717) is 5.92 Å². The molecule has 4 aliphatic carbocycles. The predicted molar refractivity (Wildman–Crippen MR) is 49.9 cm³/mol. The number of hydrogen-bond donors (Lipinski definition) is 0. The van der Waals surface area contributed by atoms with E-state index in [4.69, 9.17) is 13.6 Å². The molecule has 7 fully saturated rings. The zero-order valence-electron chi connectivity index (χ0n) is 8.35. The SMILES string of the molecule is O=P12OC34CC5CC(CC(C5)C3(O1)O2)C4. The summed E-state index contributed by atoms with van der Waals surface area (Å²) >= 11 is 0. The van der Waals surface area contributed by atoms with Crippen LogP contribution >= 0.6 is 7.82 Å².